The highest BCUT2D eigenvalue weighted by Crippen LogP contribution is 2.24. The SMILES string of the molecule is CC(N)C(OCC(F)(F)F)c1ccco1. The number of rotatable bonds is 4. The lowest BCUT2D eigenvalue weighted by Crippen LogP contribution is -2.30. The first kappa shape index (κ1) is 12.1. The Bertz CT molecular complexity index is 282. The van der Waals surface area contributed by atoms with Crippen LogP contribution in [0.4, 0.5) is 13.2 Å². The summed E-state index contributed by atoms with van der Waals surface area (Å²) in [6.45, 7) is 0.226. The molecule has 2 N–H and O–H groups in total. The molecule has 2 atom stereocenters. The van der Waals surface area contributed by atoms with Crippen molar-refractivity contribution in [1.82, 2.24) is 0 Å². The number of hydrogen-bond acceptors (Lipinski definition) is 3. The fraction of sp³-hybridized carbons (Fsp3) is 0.556. The number of alkyl halides is 3. The fourth-order valence-corrected chi connectivity index (χ4v) is 1.13. The summed E-state index contributed by atoms with van der Waals surface area (Å²) in [6, 6.07) is 2.53. The van der Waals surface area contributed by atoms with Gasteiger partial charge in [-0.15, -0.1) is 0 Å². The fourth-order valence-electron chi connectivity index (χ4n) is 1.13. The van der Waals surface area contributed by atoms with Crippen molar-refractivity contribution in [2.24, 2.45) is 5.73 Å². The molecular formula is C9H12F3NO2. The molecule has 0 saturated heterocycles. The Morgan fingerprint density at radius 2 is 2.20 bits per heavy atom. The molecule has 1 heterocycles. The highest BCUT2D eigenvalue weighted by molar-refractivity contribution is 5.04. The first-order valence-electron chi connectivity index (χ1n) is 4.37. The van der Waals surface area contributed by atoms with Gasteiger partial charge in [0.15, 0.2) is 0 Å². The second kappa shape index (κ2) is 4.67. The third-order valence-corrected chi connectivity index (χ3v) is 1.73. The Hall–Kier alpha value is -1.01. The lowest BCUT2D eigenvalue weighted by Gasteiger charge is -2.20. The van der Waals surface area contributed by atoms with Gasteiger partial charge < -0.3 is 14.9 Å². The van der Waals surface area contributed by atoms with Crippen LogP contribution in [-0.4, -0.2) is 18.8 Å². The molecule has 0 saturated carbocycles. The van der Waals surface area contributed by atoms with Gasteiger partial charge >= 0.3 is 6.18 Å². The van der Waals surface area contributed by atoms with E-state index in [2.05, 4.69) is 4.74 Å². The van der Waals surface area contributed by atoms with E-state index in [1.165, 1.54) is 12.3 Å². The highest BCUT2D eigenvalue weighted by Gasteiger charge is 2.31. The number of furan rings is 1. The maximum absolute atomic E-state index is 11.9. The van der Waals surface area contributed by atoms with Crippen LogP contribution in [0, 0.1) is 0 Å². The van der Waals surface area contributed by atoms with Crippen LogP contribution in [0.3, 0.4) is 0 Å². The third kappa shape index (κ3) is 3.93. The van der Waals surface area contributed by atoms with Crippen LogP contribution in [0.1, 0.15) is 18.8 Å². The second-order valence-electron chi connectivity index (χ2n) is 3.22. The van der Waals surface area contributed by atoms with Crippen molar-refractivity contribution in [3.05, 3.63) is 24.2 Å². The molecule has 0 aliphatic carbocycles. The largest absolute Gasteiger partial charge is 0.467 e. The van der Waals surface area contributed by atoms with Crippen LogP contribution in [0.25, 0.3) is 0 Å². The summed E-state index contributed by atoms with van der Waals surface area (Å²) in [5.74, 6) is 0.300. The van der Waals surface area contributed by atoms with Gasteiger partial charge in [0.25, 0.3) is 0 Å². The lowest BCUT2D eigenvalue weighted by molar-refractivity contribution is -0.189. The minimum Gasteiger partial charge on any atom is -0.467 e. The molecule has 0 aromatic carbocycles. The second-order valence-corrected chi connectivity index (χ2v) is 3.22. The van der Waals surface area contributed by atoms with E-state index in [0.717, 1.165) is 0 Å². The molecule has 3 nitrogen and oxygen atoms in total. The van der Waals surface area contributed by atoms with Gasteiger partial charge in [0.2, 0.25) is 0 Å². The summed E-state index contributed by atoms with van der Waals surface area (Å²) < 4.78 is 45.4. The summed E-state index contributed by atoms with van der Waals surface area (Å²) in [7, 11) is 0. The monoisotopic (exact) mass is 223 g/mol. The van der Waals surface area contributed by atoms with Gasteiger partial charge in [-0.1, -0.05) is 0 Å². The van der Waals surface area contributed by atoms with Gasteiger partial charge in [-0.3, -0.25) is 0 Å². The molecule has 6 heteroatoms. The van der Waals surface area contributed by atoms with Crippen molar-refractivity contribution >= 4 is 0 Å². The Balaban J connectivity index is 2.61. The summed E-state index contributed by atoms with van der Waals surface area (Å²) in [4.78, 5) is 0. The van der Waals surface area contributed by atoms with Crippen LogP contribution in [0.5, 0.6) is 0 Å². The van der Waals surface area contributed by atoms with Crippen LogP contribution in [0.15, 0.2) is 22.8 Å². The molecule has 0 radical (unpaired) electrons. The maximum atomic E-state index is 11.9. The molecule has 2 unspecified atom stereocenters. The van der Waals surface area contributed by atoms with E-state index in [1.54, 1.807) is 13.0 Å². The van der Waals surface area contributed by atoms with Crippen LogP contribution < -0.4 is 5.73 Å². The van der Waals surface area contributed by atoms with Crippen LogP contribution in [-0.2, 0) is 4.74 Å². The summed E-state index contributed by atoms with van der Waals surface area (Å²) in [6.07, 6.45) is -3.87. The Morgan fingerprint density at radius 1 is 1.53 bits per heavy atom. The summed E-state index contributed by atoms with van der Waals surface area (Å²) in [5.41, 5.74) is 5.50. The van der Waals surface area contributed by atoms with Crippen molar-refractivity contribution in [1.29, 1.82) is 0 Å². The molecule has 1 aromatic heterocycles. The normalized spacial score (nSPS) is 16.3. The third-order valence-electron chi connectivity index (χ3n) is 1.73. The van der Waals surface area contributed by atoms with E-state index in [4.69, 9.17) is 10.2 Å². The van der Waals surface area contributed by atoms with E-state index in [0.29, 0.717) is 5.76 Å². The Labute approximate surface area is 85.0 Å². The minimum absolute atomic E-state index is 0.300. The van der Waals surface area contributed by atoms with Crippen molar-refractivity contribution in [3.8, 4) is 0 Å². The van der Waals surface area contributed by atoms with E-state index in [9.17, 15) is 13.2 Å². The lowest BCUT2D eigenvalue weighted by atomic mass is 10.1. The Kier molecular flexibility index (Phi) is 3.76. The smallest absolute Gasteiger partial charge is 0.411 e. The number of hydrogen-bond donors (Lipinski definition) is 1. The molecule has 1 rings (SSSR count). The molecular weight excluding hydrogens is 211 g/mol. The first-order valence-corrected chi connectivity index (χ1v) is 4.37. The van der Waals surface area contributed by atoms with Crippen molar-refractivity contribution in [2.75, 3.05) is 6.61 Å². The number of halogens is 3. The standard InChI is InChI=1S/C9H12F3NO2/c1-6(13)8(7-3-2-4-14-7)15-5-9(10,11)12/h2-4,6,8H,5,13H2,1H3. The van der Waals surface area contributed by atoms with Crippen molar-refractivity contribution in [2.45, 2.75) is 25.2 Å². The molecule has 0 aliphatic rings. The zero-order chi connectivity index (χ0) is 11.5. The zero-order valence-electron chi connectivity index (χ0n) is 8.12. The van der Waals surface area contributed by atoms with Crippen molar-refractivity contribution < 1.29 is 22.3 Å². The van der Waals surface area contributed by atoms with Crippen molar-refractivity contribution in [3.63, 3.8) is 0 Å². The van der Waals surface area contributed by atoms with Crippen LogP contribution >= 0.6 is 0 Å². The minimum atomic E-state index is -4.36. The first-order chi connectivity index (χ1) is 6.90. The van der Waals surface area contributed by atoms with Gasteiger partial charge in [-0.2, -0.15) is 13.2 Å². The average molecular weight is 223 g/mol. The highest BCUT2D eigenvalue weighted by atomic mass is 19.4. The zero-order valence-corrected chi connectivity index (χ0v) is 8.12. The topological polar surface area (TPSA) is 48.4 Å². The molecule has 0 aliphatic heterocycles. The quantitative estimate of drug-likeness (QED) is 0.851. The van der Waals surface area contributed by atoms with Gasteiger partial charge in [0, 0.05) is 6.04 Å². The maximum Gasteiger partial charge on any atom is 0.411 e. The molecule has 15 heavy (non-hydrogen) atoms. The predicted octanol–water partition coefficient (Wildman–Crippen LogP) is 2.25. The van der Waals surface area contributed by atoms with E-state index in [-0.39, 0.29) is 0 Å². The molecule has 0 amide bonds. The predicted molar refractivity (Wildman–Crippen MR) is 47.1 cm³/mol. The van der Waals surface area contributed by atoms with Crippen LogP contribution in [0.2, 0.25) is 0 Å². The summed E-state index contributed by atoms with van der Waals surface area (Å²) >= 11 is 0. The number of nitrogens with two attached hydrogens (primary N) is 1. The van der Waals surface area contributed by atoms with Gasteiger partial charge in [-0.25, -0.2) is 0 Å². The van der Waals surface area contributed by atoms with Gasteiger partial charge in [-0.05, 0) is 19.1 Å². The van der Waals surface area contributed by atoms with E-state index < -0.39 is 24.9 Å². The molecule has 1 aromatic rings. The summed E-state index contributed by atoms with van der Waals surface area (Å²) in [5, 5.41) is 0. The molecule has 0 spiro atoms. The average Bonchev–Trinajstić information content (AvgIpc) is 2.54. The molecule has 86 valence electrons. The van der Waals surface area contributed by atoms with Gasteiger partial charge in [0.1, 0.15) is 18.5 Å². The van der Waals surface area contributed by atoms with Gasteiger partial charge in [0.05, 0.1) is 6.26 Å². The number of ether oxygens (including phenoxy) is 1. The van der Waals surface area contributed by atoms with E-state index in [1.807, 2.05) is 0 Å². The molecule has 0 fully saturated rings. The van der Waals surface area contributed by atoms with E-state index >= 15 is 0 Å². The molecule has 0 bridgehead atoms. The Morgan fingerprint density at radius 3 is 2.60 bits per heavy atom.